The Labute approximate surface area is 346 Å². The van der Waals surface area contributed by atoms with Crippen LogP contribution in [0, 0.1) is 11.8 Å². The fourth-order valence-corrected chi connectivity index (χ4v) is 11.8. The van der Waals surface area contributed by atoms with Crippen molar-refractivity contribution in [3.63, 3.8) is 0 Å². The lowest BCUT2D eigenvalue weighted by molar-refractivity contribution is -0.173. The van der Waals surface area contributed by atoms with Crippen LogP contribution in [0.5, 0.6) is 5.75 Å². The number of nitrogens with zero attached hydrogens (tertiary/aromatic N) is 3. The van der Waals surface area contributed by atoms with Gasteiger partial charge in [-0.25, -0.2) is 9.97 Å². The predicted molar refractivity (Wildman–Crippen MR) is 221 cm³/mol. The van der Waals surface area contributed by atoms with Crippen molar-refractivity contribution >= 4 is 53.1 Å². The van der Waals surface area contributed by atoms with E-state index >= 15 is 0 Å². The number of rotatable bonds is 15. The first-order chi connectivity index (χ1) is 28.7. The molecule has 16 heteroatoms. The normalized spacial score (nSPS) is 16.8. The Morgan fingerprint density at radius 2 is 1.57 bits per heavy atom. The number of hydrogen-bond donors (Lipinski definition) is 2. The highest BCUT2D eigenvalue weighted by Crippen LogP contribution is 2.40. The van der Waals surface area contributed by atoms with Gasteiger partial charge in [-0.1, -0.05) is 111 Å². The van der Waals surface area contributed by atoms with E-state index in [2.05, 4.69) is 72.2 Å². The average Bonchev–Trinajstić information content (AvgIpc) is 3.80. The second-order valence-corrected chi connectivity index (χ2v) is 19.5. The second-order valence-electron chi connectivity index (χ2n) is 15.2. The van der Waals surface area contributed by atoms with E-state index in [-0.39, 0.29) is 53.8 Å². The molecule has 0 radical (unpaired) electrons. The van der Waals surface area contributed by atoms with Gasteiger partial charge < -0.3 is 33.8 Å². The molecule has 1 saturated heterocycles. The Hall–Kier alpha value is -5.86. The van der Waals surface area contributed by atoms with Gasteiger partial charge in [0.05, 0.1) is 36.8 Å². The number of hydrogen-bond acceptors (Lipinski definition) is 9. The highest BCUT2D eigenvalue weighted by molar-refractivity contribution is 6.99. The van der Waals surface area contributed by atoms with E-state index in [0.717, 1.165) is 10.4 Å². The molecule has 2 aromatic heterocycles. The number of amides is 2. The number of carbonyl (C=O) groups is 3. The van der Waals surface area contributed by atoms with Crippen LogP contribution in [0.2, 0.25) is 5.04 Å². The smallest absolute Gasteiger partial charge is 0.471 e. The molecule has 0 saturated carbocycles. The molecule has 12 nitrogen and oxygen atoms in total. The fraction of sp³-hybridized carbons (Fsp3) is 0.341. The van der Waals surface area contributed by atoms with Crippen molar-refractivity contribution in [3.05, 3.63) is 109 Å². The molecule has 0 unspecified atom stereocenters. The van der Waals surface area contributed by atoms with Crippen molar-refractivity contribution in [2.75, 3.05) is 31.7 Å². The van der Waals surface area contributed by atoms with Crippen LogP contribution in [0.3, 0.4) is 0 Å². The molecule has 1 aliphatic rings. The van der Waals surface area contributed by atoms with E-state index in [1.54, 1.807) is 40.3 Å². The third-order valence-electron chi connectivity index (χ3n) is 9.96. The van der Waals surface area contributed by atoms with Crippen LogP contribution in [-0.2, 0) is 28.3 Å². The van der Waals surface area contributed by atoms with Crippen LogP contribution in [0.15, 0.2) is 104 Å². The summed E-state index contributed by atoms with van der Waals surface area (Å²) in [6.07, 6.45) is -3.61. The Balaban J connectivity index is 1.34. The molecule has 314 valence electrons. The molecule has 2 N–H and O–H groups in total. The van der Waals surface area contributed by atoms with Gasteiger partial charge in [-0.15, -0.1) is 0 Å². The van der Waals surface area contributed by atoms with Crippen molar-refractivity contribution in [2.45, 2.75) is 70.2 Å². The zero-order valence-electron chi connectivity index (χ0n) is 33.6. The molecule has 0 spiro atoms. The molecule has 2 amide bonds. The summed E-state index contributed by atoms with van der Waals surface area (Å²) in [5, 5.41) is 6.60. The summed E-state index contributed by atoms with van der Waals surface area (Å²) >= 11 is 0. The van der Waals surface area contributed by atoms with Gasteiger partial charge in [0.1, 0.15) is 41.7 Å². The van der Waals surface area contributed by atoms with Gasteiger partial charge in [-0.2, -0.15) is 13.2 Å². The first kappa shape index (κ1) is 43.7. The quantitative estimate of drug-likeness (QED) is 0.100. The molecule has 0 aliphatic carbocycles. The summed E-state index contributed by atoms with van der Waals surface area (Å²) in [5.74, 6) is 3.23. The molecule has 3 atom stereocenters. The number of anilines is 1. The summed E-state index contributed by atoms with van der Waals surface area (Å²) in [5.41, 5.74) is 0.546. The second kappa shape index (κ2) is 19.0. The van der Waals surface area contributed by atoms with Crippen LogP contribution < -0.4 is 25.7 Å². The summed E-state index contributed by atoms with van der Waals surface area (Å²) < 4.78 is 66.3. The zero-order chi connectivity index (χ0) is 42.9. The first-order valence-electron chi connectivity index (χ1n) is 19.4. The lowest BCUT2D eigenvalue weighted by Gasteiger charge is -2.43. The Morgan fingerprint density at radius 3 is 2.17 bits per heavy atom. The van der Waals surface area contributed by atoms with Gasteiger partial charge in [0.2, 0.25) is 0 Å². The van der Waals surface area contributed by atoms with Gasteiger partial charge in [0.25, 0.3) is 14.2 Å². The van der Waals surface area contributed by atoms with Crippen molar-refractivity contribution in [3.8, 4) is 17.6 Å². The number of ether oxygens (including phenoxy) is 3. The largest absolute Gasteiger partial charge is 0.484 e. The Kier molecular flexibility index (Phi) is 13.9. The van der Waals surface area contributed by atoms with E-state index in [9.17, 15) is 27.6 Å². The fourth-order valence-electron chi connectivity index (χ4n) is 7.21. The minimum atomic E-state index is -5.08. The number of fused-ring (bicyclic) bond motifs is 1. The van der Waals surface area contributed by atoms with Crippen LogP contribution in [0.1, 0.15) is 52.3 Å². The highest BCUT2D eigenvalue weighted by Gasteiger charge is 2.51. The lowest BCUT2D eigenvalue weighted by atomic mass is 10.2. The van der Waals surface area contributed by atoms with E-state index < -0.39 is 51.3 Å². The topological polar surface area (TPSA) is 143 Å². The number of para-hydroxylation sites is 1. The number of carbonyl (C=O) groups excluding carboxylic acids is 3. The maximum atomic E-state index is 13.1. The van der Waals surface area contributed by atoms with Crippen LogP contribution in [-0.4, -0.2) is 85.2 Å². The molecule has 1 fully saturated rings. The SMILES string of the molecule is CC(=O)CCO[C@@H]1C[C@H](n2cc(C#CCNC(=O)C(F)(F)F)c3c(NC(=O)COc4ccccc4)ncnc32)O[C@@H]1CO[Si](c1ccccc1)(c1ccccc1)C(C)(C)C. The van der Waals surface area contributed by atoms with Gasteiger partial charge in [-0.3, -0.25) is 14.4 Å². The maximum absolute atomic E-state index is 13.1. The van der Waals surface area contributed by atoms with Crippen LogP contribution in [0.25, 0.3) is 11.0 Å². The number of alkyl halides is 3. The number of aromatic nitrogens is 3. The third-order valence-corrected chi connectivity index (χ3v) is 15.0. The minimum absolute atomic E-state index is 0.0305. The monoisotopic (exact) mass is 841 g/mol. The lowest BCUT2D eigenvalue weighted by Crippen LogP contribution is -2.67. The number of benzene rings is 3. The number of Topliss-reactive ketones (excluding diaryl/α,β-unsaturated/α-hetero) is 1. The van der Waals surface area contributed by atoms with Crippen LogP contribution >= 0.6 is 0 Å². The number of nitrogens with one attached hydrogen (secondary N) is 2. The summed E-state index contributed by atoms with van der Waals surface area (Å²) in [6, 6.07) is 29.1. The minimum Gasteiger partial charge on any atom is -0.484 e. The average molecular weight is 842 g/mol. The van der Waals surface area contributed by atoms with Crippen molar-refractivity contribution in [1.29, 1.82) is 0 Å². The van der Waals surface area contributed by atoms with E-state index in [4.69, 9.17) is 18.6 Å². The van der Waals surface area contributed by atoms with Crippen molar-refractivity contribution < 1.29 is 46.2 Å². The molecule has 3 aromatic carbocycles. The summed E-state index contributed by atoms with van der Waals surface area (Å²) in [7, 11) is -3.01. The number of ketones is 1. The zero-order valence-corrected chi connectivity index (χ0v) is 34.6. The molecule has 6 rings (SSSR count). The molecular weight excluding hydrogens is 796 g/mol. The maximum Gasteiger partial charge on any atom is 0.471 e. The predicted octanol–water partition coefficient (Wildman–Crippen LogP) is 5.71. The molecule has 60 heavy (non-hydrogen) atoms. The Morgan fingerprint density at radius 1 is 0.933 bits per heavy atom. The van der Waals surface area contributed by atoms with E-state index in [0.29, 0.717) is 17.8 Å². The van der Waals surface area contributed by atoms with Gasteiger partial charge >= 0.3 is 12.1 Å². The highest BCUT2D eigenvalue weighted by atomic mass is 28.4. The number of halogens is 3. The van der Waals surface area contributed by atoms with Crippen molar-refractivity contribution in [2.24, 2.45) is 0 Å². The van der Waals surface area contributed by atoms with E-state index in [1.807, 2.05) is 42.5 Å². The first-order valence-corrected chi connectivity index (χ1v) is 21.3. The summed E-state index contributed by atoms with van der Waals surface area (Å²) in [4.78, 5) is 45.4. The molecule has 5 aromatic rings. The van der Waals surface area contributed by atoms with Crippen molar-refractivity contribution in [1.82, 2.24) is 19.9 Å². The summed E-state index contributed by atoms with van der Waals surface area (Å²) in [6.45, 7) is 7.34. The molecular formula is C44H46F3N5O7Si. The Bertz CT molecular complexity index is 2290. The third kappa shape index (κ3) is 10.3. The van der Waals surface area contributed by atoms with Crippen LogP contribution in [0.4, 0.5) is 19.0 Å². The van der Waals surface area contributed by atoms with Gasteiger partial charge in [-0.05, 0) is 34.5 Å². The molecule has 0 bridgehead atoms. The van der Waals surface area contributed by atoms with E-state index in [1.165, 1.54) is 13.3 Å². The standard InChI is InChI=1S/C44H46F3N5O7Si/c1-30(53)22-24-56-35-25-38(59-36(35)27-58-60(43(2,3)4,33-18-10-6-11-19-33)34-20-12-7-13-21-34)52-26-31(15-14-23-48-42(55)44(45,46)47)39-40(49-29-50-41(39)52)51-37(54)28-57-32-16-8-5-9-17-32/h5-13,16-21,26,29,35-36,38H,22-25,27-28H2,1-4H3,(H,48,55)(H,49,50,51,54)/t35-,36-,38-/m1/s1. The molecule has 3 heterocycles. The molecule has 1 aliphatic heterocycles. The van der Waals surface area contributed by atoms with Gasteiger partial charge in [0, 0.05) is 19.0 Å². The van der Waals surface area contributed by atoms with Gasteiger partial charge in [0.15, 0.2) is 6.61 Å².